The summed E-state index contributed by atoms with van der Waals surface area (Å²) in [7, 11) is 0. The highest BCUT2D eigenvalue weighted by Gasteiger charge is 2.37. The Kier molecular flexibility index (Phi) is 6.36. The van der Waals surface area contributed by atoms with Crippen LogP contribution in [0.1, 0.15) is 36.5 Å². The lowest BCUT2D eigenvalue weighted by atomic mass is 10.1. The molecule has 130 valence electrons. The summed E-state index contributed by atoms with van der Waals surface area (Å²) in [4.78, 5) is 39.3. The van der Waals surface area contributed by atoms with Crippen LogP contribution >= 0.6 is 15.9 Å². The number of aliphatic carboxylic acids is 1. The fourth-order valence-corrected chi connectivity index (χ4v) is 3.20. The number of halogens is 1. The van der Waals surface area contributed by atoms with Crippen LogP contribution in [0.4, 0.5) is 0 Å². The molecule has 0 bridgehead atoms. The molecule has 6 nitrogen and oxygen atoms in total. The van der Waals surface area contributed by atoms with Gasteiger partial charge in [0.05, 0.1) is 0 Å². The van der Waals surface area contributed by atoms with Gasteiger partial charge in [-0.05, 0) is 43.5 Å². The summed E-state index contributed by atoms with van der Waals surface area (Å²) in [6.07, 6.45) is 1.99. The minimum absolute atomic E-state index is 0.190. The second-order valence-corrected chi connectivity index (χ2v) is 6.73. The molecule has 1 atom stereocenters. The van der Waals surface area contributed by atoms with Crippen molar-refractivity contribution in [2.24, 2.45) is 0 Å². The molecule has 0 radical (unpaired) electrons. The van der Waals surface area contributed by atoms with E-state index < -0.39 is 12.0 Å². The Bertz CT molecular complexity index is 618. The van der Waals surface area contributed by atoms with Gasteiger partial charge in [-0.1, -0.05) is 22.9 Å². The molecule has 1 fully saturated rings. The van der Waals surface area contributed by atoms with Crippen LogP contribution in [0.25, 0.3) is 0 Å². The Hall–Kier alpha value is -1.89. The van der Waals surface area contributed by atoms with E-state index in [2.05, 4.69) is 15.9 Å². The van der Waals surface area contributed by atoms with E-state index in [1.54, 1.807) is 29.2 Å². The van der Waals surface area contributed by atoms with Crippen molar-refractivity contribution in [2.75, 3.05) is 19.6 Å². The van der Waals surface area contributed by atoms with E-state index in [0.717, 1.165) is 10.9 Å². The highest BCUT2D eigenvalue weighted by atomic mass is 79.9. The van der Waals surface area contributed by atoms with Crippen molar-refractivity contribution in [3.8, 4) is 0 Å². The first-order valence-electron chi connectivity index (χ1n) is 8.01. The van der Waals surface area contributed by atoms with Crippen LogP contribution < -0.4 is 0 Å². The van der Waals surface area contributed by atoms with Crippen molar-refractivity contribution in [1.82, 2.24) is 9.80 Å². The molecule has 0 saturated carbocycles. The van der Waals surface area contributed by atoms with Gasteiger partial charge < -0.3 is 14.9 Å². The maximum atomic E-state index is 12.7. The fraction of sp³-hybridized carbons (Fsp3) is 0.471. The minimum Gasteiger partial charge on any atom is -0.480 e. The van der Waals surface area contributed by atoms with Gasteiger partial charge in [0, 0.05) is 23.1 Å². The summed E-state index contributed by atoms with van der Waals surface area (Å²) < 4.78 is 0.878. The maximum absolute atomic E-state index is 12.7. The zero-order valence-electron chi connectivity index (χ0n) is 13.6. The van der Waals surface area contributed by atoms with Crippen LogP contribution in [0.3, 0.4) is 0 Å². The zero-order chi connectivity index (χ0) is 17.7. The number of amides is 2. The Morgan fingerprint density at radius 3 is 2.54 bits per heavy atom. The molecule has 1 N–H and O–H groups in total. The van der Waals surface area contributed by atoms with Crippen molar-refractivity contribution in [1.29, 1.82) is 0 Å². The lowest BCUT2D eigenvalue weighted by molar-refractivity contribution is -0.146. The second kappa shape index (κ2) is 8.28. The number of carbonyl (C=O) groups is 3. The number of carbonyl (C=O) groups excluding carboxylic acids is 2. The van der Waals surface area contributed by atoms with Gasteiger partial charge in [0.25, 0.3) is 5.91 Å². The smallest absolute Gasteiger partial charge is 0.323 e. The Morgan fingerprint density at radius 1 is 1.29 bits per heavy atom. The second-order valence-electron chi connectivity index (χ2n) is 5.82. The first-order chi connectivity index (χ1) is 11.4. The predicted octanol–water partition coefficient (Wildman–Crippen LogP) is 2.38. The normalized spacial score (nSPS) is 16.9. The van der Waals surface area contributed by atoms with E-state index >= 15 is 0 Å². The van der Waals surface area contributed by atoms with Crippen molar-refractivity contribution >= 4 is 33.7 Å². The third-order valence-corrected chi connectivity index (χ3v) is 4.55. The van der Waals surface area contributed by atoms with Crippen LogP contribution in [0, 0.1) is 0 Å². The van der Waals surface area contributed by atoms with Crippen LogP contribution in [0.2, 0.25) is 0 Å². The summed E-state index contributed by atoms with van der Waals surface area (Å²) in [5, 5.41) is 9.00. The number of carboxylic acid groups (broad SMARTS) is 1. The molecule has 7 heteroatoms. The molecule has 24 heavy (non-hydrogen) atoms. The molecule has 0 aliphatic carbocycles. The summed E-state index contributed by atoms with van der Waals surface area (Å²) >= 11 is 3.33. The van der Waals surface area contributed by atoms with E-state index in [-0.39, 0.29) is 18.4 Å². The van der Waals surface area contributed by atoms with Gasteiger partial charge in [0.1, 0.15) is 12.6 Å². The van der Waals surface area contributed by atoms with Crippen LogP contribution in [0.15, 0.2) is 28.7 Å². The van der Waals surface area contributed by atoms with Crippen LogP contribution in [-0.4, -0.2) is 58.4 Å². The third kappa shape index (κ3) is 4.35. The van der Waals surface area contributed by atoms with Crippen molar-refractivity contribution in [3.63, 3.8) is 0 Å². The van der Waals surface area contributed by atoms with Gasteiger partial charge in [0.2, 0.25) is 5.91 Å². The van der Waals surface area contributed by atoms with E-state index in [9.17, 15) is 14.4 Å². The van der Waals surface area contributed by atoms with Crippen molar-refractivity contribution in [3.05, 3.63) is 34.3 Å². The van der Waals surface area contributed by atoms with Gasteiger partial charge in [-0.15, -0.1) is 0 Å². The Labute approximate surface area is 149 Å². The highest BCUT2D eigenvalue weighted by molar-refractivity contribution is 9.10. The molecule has 1 aromatic carbocycles. The molecule has 1 unspecified atom stereocenters. The number of rotatable bonds is 6. The maximum Gasteiger partial charge on any atom is 0.323 e. The number of likely N-dealkylation sites (tertiary alicyclic amines) is 1. The van der Waals surface area contributed by atoms with E-state index in [1.165, 1.54) is 4.90 Å². The molecular weight excluding hydrogens is 376 g/mol. The lowest BCUT2D eigenvalue weighted by Crippen LogP contribution is -2.49. The average molecular weight is 397 g/mol. The number of hydrogen-bond donors (Lipinski definition) is 1. The lowest BCUT2D eigenvalue weighted by Gasteiger charge is -2.29. The first kappa shape index (κ1) is 18.4. The molecule has 1 heterocycles. The minimum atomic E-state index is -1.04. The largest absolute Gasteiger partial charge is 0.480 e. The summed E-state index contributed by atoms with van der Waals surface area (Å²) in [5.74, 6) is -1.51. The molecular formula is C17H21BrN2O4. The van der Waals surface area contributed by atoms with E-state index in [4.69, 9.17) is 5.11 Å². The molecule has 1 aromatic rings. The predicted molar refractivity (Wildman–Crippen MR) is 92.7 cm³/mol. The number of carboxylic acids is 1. The average Bonchev–Trinajstić information content (AvgIpc) is 3.03. The Balaban J connectivity index is 2.16. The molecule has 1 aliphatic heterocycles. The van der Waals surface area contributed by atoms with Gasteiger partial charge >= 0.3 is 5.97 Å². The molecule has 2 rings (SSSR count). The molecule has 0 spiro atoms. The summed E-state index contributed by atoms with van der Waals surface area (Å²) in [5.41, 5.74) is 0.526. The number of benzene rings is 1. The summed E-state index contributed by atoms with van der Waals surface area (Å²) in [6, 6.07) is 6.43. The van der Waals surface area contributed by atoms with E-state index in [0.29, 0.717) is 31.5 Å². The SMILES string of the molecule is CCCN(CC(=O)O)C(=O)C1CCCN1C(=O)c1ccc(Br)cc1. The van der Waals surface area contributed by atoms with E-state index in [1.807, 2.05) is 6.92 Å². The molecule has 2 amide bonds. The van der Waals surface area contributed by atoms with Crippen LogP contribution in [-0.2, 0) is 9.59 Å². The monoisotopic (exact) mass is 396 g/mol. The Morgan fingerprint density at radius 2 is 1.96 bits per heavy atom. The van der Waals surface area contributed by atoms with Gasteiger partial charge in [0.15, 0.2) is 0 Å². The van der Waals surface area contributed by atoms with Gasteiger partial charge in [-0.2, -0.15) is 0 Å². The quantitative estimate of drug-likeness (QED) is 0.800. The van der Waals surface area contributed by atoms with Crippen LogP contribution in [0.5, 0.6) is 0 Å². The fourth-order valence-electron chi connectivity index (χ4n) is 2.94. The molecule has 1 saturated heterocycles. The van der Waals surface area contributed by atoms with Crippen molar-refractivity contribution in [2.45, 2.75) is 32.2 Å². The number of hydrogen-bond acceptors (Lipinski definition) is 3. The summed E-state index contributed by atoms with van der Waals surface area (Å²) in [6.45, 7) is 2.45. The molecule has 0 aromatic heterocycles. The zero-order valence-corrected chi connectivity index (χ0v) is 15.2. The number of nitrogens with zero attached hydrogens (tertiary/aromatic N) is 2. The topological polar surface area (TPSA) is 77.9 Å². The van der Waals surface area contributed by atoms with Crippen molar-refractivity contribution < 1.29 is 19.5 Å². The third-order valence-electron chi connectivity index (χ3n) is 4.02. The molecule has 1 aliphatic rings. The van der Waals surface area contributed by atoms with Gasteiger partial charge in [-0.25, -0.2) is 0 Å². The standard InChI is InChI=1S/C17H21BrN2O4/c1-2-9-19(11-15(21)22)17(24)14-4-3-10-20(14)16(23)12-5-7-13(18)8-6-12/h5-8,14H,2-4,9-11H2,1H3,(H,21,22). The van der Waals surface area contributed by atoms with Gasteiger partial charge in [-0.3, -0.25) is 14.4 Å². The highest BCUT2D eigenvalue weighted by Crippen LogP contribution is 2.23. The first-order valence-corrected chi connectivity index (χ1v) is 8.80.